The van der Waals surface area contributed by atoms with Gasteiger partial charge in [0.2, 0.25) is 0 Å². The Morgan fingerprint density at radius 2 is 2.12 bits per heavy atom. The van der Waals surface area contributed by atoms with E-state index in [0.717, 1.165) is 23.0 Å². The van der Waals surface area contributed by atoms with Gasteiger partial charge >= 0.3 is 0 Å². The second-order valence-electron chi connectivity index (χ2n) is 3.97. The van der Waals surface area contributed by atoms with Crippen LogP contribution < -0.4 is 0 Å². The molecular weight excluding hydrogens is 266 g/mol. The van der Waals surface area contributed by atoms with E-state index in [1.54, 1.807) is 4.68 Å². The standard InChI is InChI=1S/C12H14BrN3/c1-9-7-10(4-6-12(9)13)3-5-11-8-16(2)15-14-11/h4,6-8H,3,5H2,1-2H3. The molecule has 1 aromatic heterocycles. The quantitative estimate of drug-likeness (QED) is 0.865. The number of hydrogen-bond acceptors (Lipinski definition) is 2. The third kappa shape index (κ3) is 2.70. The molecule has 0 saturated carbocycles. The van der Waals surface area contributed by atoms with E-state index >= 15 is 0 Å². The van der Waals surface area contributed by atoms with E-state index in [2.05, 4.69) is 51.4 Å². The smallest absolute Gasteiger partial charge is 0.0830 e. The average molecular weight is 280 g/mol. The molecule has 2 aromatic rings. The zero-order valence-corrected chi connectivity index (χ0v) is 11.0. The zero-order valence-electron chi connectivity index (χ0n) is 9.44. The highest BCUT2D eigenvalue weighted by molar-refractivity contribution is 9.10. The summed E-state index contributed by atoms with van der Waals surface area (Å²) < 4.78 is 2.90. The van der Waals surface area contributed by atoms with Gasteiger partial charge in [-0.2, -0.15) is 0 Å². The summed E-state index contributed by atoms with van der Waals surface area (Å²) in [4.78, 5) is 0. The first-order chi connectivity index (χ1) is 7.65. The van der Waals surface area contributed by atoms with Gasteiger partial charge < -0.3 is 0 Å². The Kier molecular flexibility index (Phi) is 3.39. The first-order valence-corrected chi connectivity index (χ1v) is 6.04. The van der Waals surface area contributed by atoms with Gasteiger partial charge in [0.25, 0.3) is 0 Å². The summed E-state index contributed by atoms with van der Waals surface area (Å²) in [5.74, 6) is 0. The van der Waals surface area contributed by atoms with Gasteiger partial charge in [-0.05, 0) is 37.0 Å². The molecule has 16 heavy (non-hydrogen) atoms. The highest BCUT2D eigenvalue weighted by Gasteiger charge is 2.01. The van der Waals surface area contributed by atoms with Crippen molar-refractivity contribution in [3.05, 3.63) is 45.7 Å². The van der Waals surface area contributed by atoms with Crippen LogP contribution in [0.25, 0.3) is 0 Å². The first-order valence-electron chi connectivity index (χ1n) is 5.25. The van der Waals surface area contributed by atoms with Gasteiger partial charge in [0, 0.05) is 17.7 Å². The van der Waals surface area contributed by atoms with E-state index < -0.39 is 0 Å². The Bertz CT molecular complexity index is 491. The molecule has 0 aliphatic heterocycles. The fourth-order valence-electron chi connectivity index (χ4n) is 1.64. The van der Waals surface area contributed by atoms with Crippen LogP contribution in [-0.4, -0.2) is 15.0 Å². The number of hydrogen-bond donors (Lipinski definition) is 0. The summed E-state index contributed by atoms with van der Waals surface area (Å²) in [5.41, 5.74) is 3.66. The third-order valence-electron chi connectivity index (χ3n) is 2.54. The molecule has 1 aromatic carbocycles. The van der Waals surface area contributed by atoms with Crippen LogP contribution in [0.15, 0.2) is 28.9 Å². The molecule has 4 heteroatoms. The molecule has 1 heterocycles. The molecule has 0 fully saturated rings. The average Bonchev–Trinajstić information content (AvgIpc) is 2.66. The first kappa shape index (κ1) is 11.3. The van der Waals surface area contributed by atoms with E-state index in [4.69, 9.17) is 0 Å². The number of nitrogens with zero attached hydrogens (tertiary/aromatic N) is 3. The Labute approximate surface area is 104 Å². The lowest BCUT2D eigenvalue weighted by Crippen LogP contribution is -1.92. The van der Waals surface area contributed by atoms with Crippen molar-refractivity contribution in [1.82, 2.24) is 15.0 Å². The van der Waals surface area contributed by atoms with Crippen LogP contribution in [0.5, 0.6) is 0 Å². The highest BCUT2D eigenvalue weighted by atomic mass is 79.9. The Morgan fingerprint density at radius 1 is 1.31 bits per heavy atom. The number of aryl methyl sites for hydroxylation is 4. The lowest BCUT2D eigenvalue weighted by atomic mass is 10.1. The van der Waals surface area contributed by atoms with Crippen LogP contribution in [0, 0.1) is 6.92 Å². The maximum atomic E-state index is 4.07. The lowest BCUT2D eigenvalue weighted by Gasteiger charge is -2.02. The van der Waals surface area contributed by atoms with Crippen molar-refractivity contribution >= 4 is 15.9 Å². The summed E-state index contributed by atoms with van der Waals surface area (Å²) in [5, 5.41) is 7.99. The van der Waals surface area contributed by atoms with E-state index in [9.17, 15) is 0 Å². The molecule has 0 radical (unpaired) electrons. The van der Waals surface area contributed by atoms with Gasteiger partial charge in [0.05, 0.1) is 5.69 Å². The van der Waals surface area contributed by atoms with Crippen molar-refractivity contribution in [2.75, 3.05) is 0 Å². The van der Waals surface area contributed by atoms with Gasteiger partial charge in [0.1, 0.15) is 0 Å². The van der Waals surface area contributed by atoms with Gasteiger partial charge in [0.15, 0.2) is 0 Å². The Hall–Kier alpha value is -1.16. The van der Waals surface area contributed by atoms with Crippen molar-refractivity contribution in [3.63, 3.8) is 0 Å². The van der Waals surface area contributed by atoms with Gasteiger partial charge in [-0.1, -0.05) is 33.3 Å². The van der Waals surface area contributed by atoms with E-state index in [-0.39, 0.29) is 0 Å². The summed E-state index contributed by atoms with van der Waals surface area (Å²) in [7, 11) is 1.89. The molecule has 2 rings (SSSR count). The fourth-order valence-corrected chi connectivity index (χ4v) is 1.89. The van der Waals surface area contributed by atoms with Gasteiger partial charge in [-0.15, -0.1) is 5.10 Å². The minimum absolute atomic E-state index is 0.939. The predicted octanol–water partition coefficient (Wildman–Crippen LogP) is 2.67. The minimum Gasteiger partial charge on any atom is -0.255 e. The van der Waals surface area contributed by atoms with Crippen molar-refractivity contribution in [2.24, 2.45) is 7.05 Å². The van der Waals surface area contributed by atoms with E-state index in [1.807, 2.05) is 13.2 Å². The van der Waals surface area contributed by atoms with Crippen molar-refractivity contribution < 1.29 is 0 Å². The predicted molar refractivity (Wildman–Crippen MR) is 67.3 cm³/mol. The molecule has 0 spiro atoms. The maximum Gasteiger partial charge on any atom is 0.0830 e. The fraction of sp³-hybridized carbons (Fsp3) is 0.333. The molecule has 0 aliphatic rings. The van der Waals surface area contributed by atoms with Crippen LogP contribution >= 0.6 is 15.9 Å². The van der Waals surface area contributed by atoms with Crippen LogP contribution in [0.1, 0.15) is 16.8 Å². The largest absolute Gasteiger partial charge is 0.255 e. The second-order valence-corrected chi connectivity index (χ2v) is 4.82. The molecule has 84 valence electrons. The van der Waals surface area contributed by atoms with Gasteiger partial charge in [-0.3, -0.25) is 4.68 Å². The van der Waals surface area contributed by atoms with E-state index in [0.29, 0.717) is 0 Å². The molecule has 0 N–H and O–H groups in total. The zero-order chi connectivity index (χ0) is 11.5. The van der Waals surface area contributed by atoms with Crippen molar-refractivity contribution in [1.29, 1.82) is 0 Å². The molecular formula is C12H14BrN3. The van der Waals surface area contributed by atoms with E-state index in [1.165, 1.54) is 11.1 Å². The van der Waals surface area contributed by atoms with Crippen LogP contribution in [0.3, 0.4) is 0 Å². The Morgan fingerprint density at radius 3 is 2.75 bits per heavy atom. The van der Waals surface area contributed by atoms with Crippen LogP contribution in [-0.2, 0) is 19.9 Å². The summed E-state index contributed by atoms with van der Waals surface area (Å²) >= 11 is 3.50. The van der Waals surface area contributed by atoms with Crippen molar-refractivity contribution in [2.45, 2.75) is 19.8 Å². The topological polar surface area (TPSA) is 30.7 Å². The maximum absolute atomic E-state index is 4.07. The molecule has 0 amide bonds. The normalized spacial score (nSPS) is 10.7. The molecule has 0 atom stereocenters. The SMILES string of the molecule is Cc1cc(CCc2cn(C)nn2)ccc1Br. The summed E-state index contributed by atoms with van der Waals surface area (Å²) in [6.45, 7) is 2.11. The number of benzene rings is 1. The number of rotatable bonds is 3. The van der Waals surface area contributed by atoms with Crippen molar-refractivity contribution in [3.8, 4) is 0 Å². The van der Waals surface area contributed by atoms with Gasteiger partial charge in [-0.25, -0.2) is 0 Å². The molecule has 0 unspecified atom stereocenters. The van der Waals surface area contributed by atoms with Crippen LogP contribution in [0.2, 0.25) is 0 Å². The lowest BCUT2D eigenvalue weighted by molar-refractivity contribution is 0.713. The summed E-state index contributed by atoms with van der Waals surface area (Å²) in [6, 6.07) is 6.45. The monoisotopic (exact) mass is 279 g/mol. The van der Waals surface area contributed by atoms with Crippen LogP contribution in [0.4, 0.5) is 0 Å². The number of halogens is 1. The molecule has 3 nitrogen and oxygen atoms in total. The summed E-state index contributed by atoms with van der Waals surface area (Å²) in [6.07, 6.45) is 3.91. The second kappa shape index (κ2) is 4.78. The minimum atomic E-state index is 0.939. The molecule has 0 bridgehead atoms. The third-order valence-corrected chi connectivity index (χ3v) is 3.43. The highest BCUT2D eigenvalue weighted by Crippen LogP contribution is 2.17. The molecule has 0 saturated heterocycles. The number of aromatic nitrogens is 3. The Balaban J connectivity index is 2.02. The molecule has 0 aliphatic carbocycles.